The number of benzene rings is 10. The number of aromatic hydroxyl groups is 2. The Morgan fingerprint density at radius 3 is 1.48 bits per heavy atom. The molecule has 0 saturated heterocycles. The van der Waals surface area contributed by atoms with E-state index in [2.05, 4.69) is 41.1 Å². The largest absolute Gasteiger partial charge is 0.505 e. The summed E-state index contributed by atoms with van der Waals surface area (Å²) >= 11 is 0. The molecule has 1 aliphatic carbocycles. The van der Waals surface area contributed by atoms with E-state index in [4.69, 9.17) is 0 Å². The van der Waals surface area contributed by atoms with Gasteiger partial charge in [0.05, 0.1) is 33.5 Å². The van der Waals surface area contributed by atoms with Crippen LogP contribution in [0.25, 0.3) is 76.3 Å². The van der Waals surface area contributed by atoms with E-state index in [1.165, 1.54) is 0 Å². The first-order valence-electron chi connectivity index (χ1n) is 23.4. The summed E-state index contributed by atoms with van der Waals surface area (Å²) in [5.74, 6) is -2.02. The van der Waals surface area contributed by atoms with Gasteiger partial charge in [-0.2, -0.15) is 10.2 Å². The maximum Gasteiger partial charge on any atom is 0.259 e. The van der Waals surface area contributed by atoms with Crippen LogP contribution in [-0.4, -0.2) is 37.8 Å². The van der Waals surface area contributed by atoms with Crippen LogP contribution >= 0.6 is 0 Å². The molecular weight excluding hydrogens is 913 g/mol. The fraction of sp³-hybridized carbons (Fsp3) is 0.0167. The van der Waals surface area contributed by atoms with Gasteiger partial charge in [0.15, 0.2) is 17.3 Å². The molecule has 348 valence electrons. The van der Waals surface area contributed by atoms with Crippen molar-refractivity contribution in [3.63, 3.8) is 0 Å². The van der Waals surface area contributed by atoms with Crippen LogP contribution in [0.15, 0.2) is 196 Å². The lowest BCUT2D eigenvalue weighted by atomic mass is 10.00. The molecule has 2 aromatic heterocycles. The lowest BCUT2D eigenvalue weighted by Gasteiger charge is -2.13. The highest BCUT2D eigenvalue weighted by Crippen LogP contribution is 2.47. The molecule has 2 amide bonds. The summed E-state index contributed by atoms with van der Waals surface area (Å²) < 4.78 is 0. The molecule has 0 spiro atoms. The summed E-state index contributed by atoms with van der Waals surface area (Å²) in [5.41, 5.74) is 8.29. The van der Waals surface area contributed by atoms with E-state index in [-0.39, 0.29) is 39.8 Å². The predicted octanol–water partition coefficient (Wildman–Crippen LogP) is 15.5. The van der Waals surface area contributed by atoms with E-state index < -0.39 is 11.8 Å². The molecule has 12 aromatic rings. The van der Waals surface area contributed by atoms with Crippen molar-refractivity contribution < 1.29 is 24.6 Å². The molecule has 0 aliphatic heterocycles. The molecule has 13 nitrogen and oxygen atoms in total. The van der Waals surface area contributed by atoms with Gasteiger partial charge in [0.2, 0.25) is 0 Å². The summed E-state index contributed by atoms with van der Waals surface area (Å²) in [4.78, 5) is 48.9. The zero-order valence-corrected chi connectivity index (χ0v) is 38.7. The Morgan fingerprint density at radius 1 is 0.466 bits per heavy atom. The maximum absolute atomic E-state index is 14.3. The first-order valence-corrected chi connectivity index (χ1v) is 23.4. The van der Waals surface area contributed by atoms with Gasteiger partial charge in [0.1, 0.15) is 11.4 Å². The van der Waals surface area contributed by atoms with Gasteiger partial charge in [0.25, 0.3) is 11.8 Å². The Bertz CT molecular complexity index is 4440. The van der Waals surface area contributed by atoms with Gasteiger partial charge < -0.3 is 30.8 Å². The highest BCUT2D eigenvalue weighted by Gasteiger charge is 2.29. The summed E-state index contributed by atoms with van der Waals surface area (Å²) in [6.07, 6.45) is 0. The van der Waals surface area contributed by atoms with Crippen LogP contribution in [0, 0.1) is 6.92 Å². The molecule has 73 heavy (non-hydrogen) atoms. The number of hydrogen-bond donors (Lipinski definition) is 6. The number of nitrogens with zero attached hydrogens (tertiary/aromatic N) is 4. The normalized spacial score (nSPS) is 12.3. The van der Waals surface area contributed by atoms with Gasteiger partial charge in [-0.3, -0.25) is 14.4 Å². The number of fused-ring (bicyclic) bond motifs is 13. The number of rotatable bonds is 8. The van der Waals surface area contributed by atoms with Crippen LogP contribution in [0.3, 0.4) is 0 Å². The monoisotopic (exact) mass is 950 g/mol. The number of nitrogens with one attached hydrogen (secondary N) is 4. The van der Waals surface area contributed by atoms with E-state index in [0.717, 1.165) is 49.2 Å². The van der Waals surface area contributed by atoms with Gasteiger partial charge in [-0.1, -0.05) is 109 Å². The van der Waals surface area contributed by atoms with Crippen LogP contribution in [0.2, 0.25) is 0 Å². The highest BCUT2D eigenvalue weighted by molar-refractivity contribution is 6.25. The quantitative estimate of drug-likeness (QED) is 0.0823. The van der Waals surface area contributed by atoms with Crippen molar-refractivity contribution in [2.75, 3.05) is 10.6 Å². The van der Waals surface area contributed by atoms with Crippen molar-refractivity contribution in [1.29, 1.82) is 0 Å². The van der Waals surface area contributed by atoms with Crippen LogP contribution in [0.1, 0.15) is 42.2 Å². The third-order valence-electron chi connectivity index (χ3n) is 13.7. The Balaban J connectivity index is 0.862. The molecule has 0 atom stereocenters. The van der Waals surface area contributed by atoms with E-state index in [0.29, 0.717) is 66.5 Å². The lowest BCUT2D eigenvalue weighted by molar-refractivity contribution is 0.101. The van der Waals surface area contributed by atoms with E-state index >= 15 is 0 Å². The number of phenolic OH excluding ortho intramolecular Hbond substituents is 2. The number of para-hydroxylation sites is 4. The summed E-state index contributed by atoms with van der Waals surface area (Å²) in [5, 5.41) is 54.4. The molecule has 0 unspecified atom stereocenters. The number of amides is 2. The topological polar surface area (TPSA) is 197 Å². The van der Waals surface area contributed by atoms with Crippen LogP contribution in [-0.2, 0) is 0 Å². The number of carbonyl (C=O) groups excluding carboxylic acids is 3. The number of anilines is 2. The maximum atomic E-state index is 14.3. The Labute approximate surface area is 414 Å². The number of H-pyrrole nitrogens is 2. The fourth-order valence-electron chi connectivity index (χ4n) is 10.1. The van der Waals surface area contributed by atoms with Crippen LogP contribution in [0.5, 0.6) is 11.5 Å². The Hall–Kier alpha value is -10.3. The van der Waals surface area contributed by atoms with Crippen molar-refractivity contribution in [2.24, 2.45) is 20.5 Å². The van der Waals surface area contributed by atoms with Crippen LogP contribution in [0.4, 0.5) is 34.1 Å². The Morgan fingerprint density at radius 2 is 0.945 bits per heavy atom. The number of hydrogen-bond acceptors (Lipinski definition) is 9. The molecule has 1 aliphatic rings. The summed E-state index contributed by atoms with van der Waals surface area (Å²) in [6.45, 7) is 1.89. The molecule has 2 heterocycles. The first-order chi connectivity index (χ1) is 35.7. The van der Waals surface area contributed by atoms with E-state index in [1.54, 1.807) is 78.9 Å². The van der Waals surface area contributed by atoms with E-state index in [9.17, 15) is 24.6 Å². The minimum absolute atomic E-state index is 0.0131. The zero-order chi connectivity index (χ0) is 49.5. The van der Waals surface area contributed by atoms with E-state index in [1.807, 2.05) is 104 Å². The first kappa shape index (κ1) is 42.8. The van der Waals surface area contributed by atoms with Crippen molar-refractivity contribution in [1.82, 2.24) is 9.97 Å². The molecule has 0 fully saturated rings. The molecule has 13 heteroatoms. The molecular formula is C60H38N8O5. The number of ketones is 1. The second-order valence-electron chi connectivity index (χ2n) is 18.0. The third-order valence-corrected chi connectivity index (χ3v) is 13.7. The van der Waals surface area contributed by atoms with Gasteiger partial charge in [-0.25, -0.2) is 0 Å². The predicted molar refractivity (Wildman–Crippen MR) is 287 cm³/mol. The molecule has 6 N–H and O–H groups in total. The smallest absolute Gasteiger partial charge is 0.259 e. The molecule has 0 saturated carbocycles. The number of phenols is 2. The van der Waals surface area contributed by atoms with Crippen molar-refractivity contribution in [2.45, 2.75) is 6.92 Å². The number of carbonyl (C=O) groups is 3. The minimum Gasteiger partial charge on any atom is -0.505 e. The molecule has 0 bridgehead atoms. The third kappa shape index (κ3) is 7.05. The lowest BCUT2D eigenvalue weighted by Crippen LogP contribution is -2.13. The SMILES string of the molecule is Cc1ccccc1NC(=O)c1cc2ccc3c4ccccc4[nH]c3c2c(N=Nc2ccc3c(c2)C(=O)c2cc(N=Nc4c(O)c(C(=O)Nc5ccccc5)cc5ccc6c7ccccc7[nH]c6c45)ccc2-3)c1O. The average molecular weight is 951 g/mol. The van der Waals surface area contributed by atoms with Gasteiger partial charge in [-0.05, 0) is 101 Å². The second kappa shape index (κ2) is 16.7. The molecule has 13 rings (SSSR count). The van der Waals surface area contributed by atoms with Gasteiger partial charge in [0, 0.05) is 65.9 Å². The van der Waals surface area contributed by atoms with Crippen molar-refractivity contribution in [3.05, 3.63) is 204 Å². The Kier molecular flexibility index (Phi) is 9.80. The number of aromatic nitrogens is 2. The standard InChI is InChI=1S/C60H38N8O5/c1-31-11-5-8-16-47(31)64-60(73)46-28-33-20-24-42-40-15-7-10-18-49(40)63-53(42)51(33)55(58(46)71)68-66-36-22-26-38-37-25-21-35(29-43(37)56(69)44(38)30-36)65-67-54-50-32(19-23-41-39-14-6-9-17-48(39)62-52(41)50)27-45(57(54)70)59(72)61-34-12-3-2-4-13-34/h2-30,62-63,70-71H,1H3,(H,61,72)(H,64,73). The number of aryl methyl sites for hydroxylation is 1. The van der Waals surface area contributed by atoms with Gasteiger partial charge >= 0.3 is 0 Å². The molecule has 10 aromatic carbocycles. The summed E-state index contributed by atoms with van der Waals surface area (Å²) in [6, 6.07) is 53.5. The van der Waals surface area contributed by atoms with Crippen LogP contribution < -0.4 is 10.6 Å². The zero-order valence-electron chi connectivity index (χ0n) is 38.7. The average Bonchev–Trinajstić information content (AvgIpc) is 4.08. The second-order valence-corrected chi connectivity index (χ2v) is 18.0. The van der Waals surface area contributed by atoms with Gasteiger partial charge in [-0.15, -0.1) is 10.2 Å². The fourth-order valence-corrected chi connectivity index (χ4v) is 10.1. The van der Waals surface area contributed by atoms with Crippen molar-refractivity contribution in [3.8, 4) is 22.6 Å². The summed E-state index contributed by atoms with van der Waals surface area (Å²) in [7, 11) is 0. The minimum atomic E-state index is -0.523. The molecule has 0 radical (unpaired) electrons. The number of azo groups is 2. The highest BCUT2D eigenvalue weighted by atomic mass is 16.3. The van der Waals surface area contributed by atoms with Crippen molar-refractivity contribution >= 4 is 117 Å². The number of aromatic amines is 2.